The van der Waals surface area contributed by atoms with Gasteiger partial charge in [-0.25, -0.2) is 9.97 Å². The number of nitrogens with zero attached hydrogens (tertiary/aromatic N) is 6. The van der Waals surface area contributed by atoms with Crippen LogP contribution in [-0.4, -0.2) is 24.5 Å². The van der Waals surface area contributed by atoms with Crippen molar-refractivity contribution in [1.29, 1.82) is 0 Å². The first-order valence-electron chi connectivity index (χ1n) is 18.9. The van der Waals surface area contributed by atoms with Crippen molar-refractivity contribution in [3.63, 3.8) is 0 Å². The van der Waals surface area contributed by atoms with Crippen molar-refractivity contribution < 1.29 is 51.0 Å². The van der Waals surface area contributed by atoms with Crippen LogP contribution in [0.25, 0.3) is 50.3 Å². The zero-order valence-electron chi connectivity index (χ0n) is 31.7. The zero-order valence-corrected chi connectivity index (χ0v) is 36.3. The molecule has 296 valence electrons. The Kier molecular flexibility index (Phi) is 11.3. The van der Waals surface area contributed by atoms with E-state index >= 15 is 0 Å². The van der Waals surface area contributed by atoms with E-state index in [1.54, 1.807) is 24.2 Å². The number of hydrogen-bond acceptors (Lipinski definition) is 8. The second kappa shape index (κ2) is 17.3. The van der Waals surface area contributed by atoms with Gasteiger partial charge in [-0.1, -0.05) is 83.5 Å². The predicted molar refractivity (Wildman–Crippen MR) is 230 cm³/mol. The normalized spacial score (nSPS) is 11.6. The molecular formula is C50H28N6O2PdPtS. The van der Waals surface area contributed by atoms with Gasteiger partial charge in [0.2, 0.25) is 5.95 Å². The summed E-state index contributed by atoms with van der Waals surface area (Å²) in [7, 11) is 0. The number of anilines is 3. The van der Waals surface area contributed by atoms with E-state index in [0.717, 1.165) is 60.1 Å². The summed E-state index contributed by atoms with van der Waals surface area (Å²) in [5.74, 6) is 2.53. The van der Waals surface area contributed by atoms with Crippen LogP contribution in [0.4, 0.5) is 17.1 Å². The van der Waals surface area contributed by atoms with Gasteiger partial charge in [0, 0.05) is 45.2 Å². The summed E-state index contributed by atoms with van der Waals surface area (Å²) in [4.78, 5) is 23.5. The van der Waals surface area contributed by atoms with Gasteiger partial charge < -0.3 is 28.9 Å². The van der Waals surface area contributed by atoms with E-state index in [1.165, 1.54) is 0 Å². The third kappa shape index (κ3) is 7.76. The van der Waals surface area contributed by atoms with Gasteiger partial charge in [-0.15, -0.1) is 71.8 Å². The number of para-hydroxylation sites is 2. The summed E-state index contributed by atoms with van der Waals surface area (Å²) >= 11 is 1.76. The van der Waals surface area contributed by atoms with Gasteiger partial charge >= 0.3 is 41.5 Å². The van der Waals surface area contributed by atoms with Gasteiger partial charge in [0.25, 0.3) is 0 Å². The summed E-state index contributed by atoms with van der Waals surface area (Å²) in [5.41, 5.74) is 7.68. The Hall–Kier alpha value is -6.40. The zero-order chi connectivity index (χ0) is 39.1. The molecule has 0 unspecified atom stereocenters. The van der Waals surface area contributed by atoms with Crippen LogP contribution < -0.4 is 14.4 Å². The van der Waals surface area contributed by atoms with Crippen molar-refractivity contribution in [3.05, 3.63) is 195 Å². The van der Waals surface area contributed by atoms with Crippen LogP contribution in [0.15, 0.2) is 180 Å². The maximum Gasteiger partial charge on any atom is 2.00 e. The number of fused-ring (bicyclic) bond motifs is 5. The SMILES string of the molecule is [Pd+2].[Pt+2].[c-]1c(Oc2[c-]c3c(cc2)c2ccc(Oc4[c-]c(-c5ccccn5)ccc4)[c-]c2n3-c2ncc(N3c4ccccc4Sc4ccccc43)cn2)cccc1-c1ccccn1. The molecular weight excluding hydrogens is 1050 g/mol. The fourth-order valence-electron chi connectivity index (χ4n) is 7.27. The summed E-state index contributed by atoms with van der Waals surface area (Å²) in [6.07, 6.45) is 7.25. The fourth-order valence-corrected chi connectivity index (χ4v) is 8.33. The summed E-state index contributed by atoms with van der Waals surface area (Å²) in [6, 6.07) is 61.5. The average Bonchev–Trinajstić information content (AvgIpc) is 3.61. The first-order chi connectivity index (χ1) is 29.2. The van der Waals surface area contributed by atoms with Gasteiger partial charge in [-0.3, -0.25) is 0 Å². The summed E-state index contributed by atoms with van der Waals surface area (Å²) < 4.78 is 14.8. The minimum absolute atomic E-state index is 0. The van der Waals surface area contributed by atoms with Crippen LogP contribution in [0.2, 0.25) is 0 Å². The number of ether oxygens (including phenoxy) is 2. The van der Waals surface area contributed by atoms with E-state index in [1.807, 2.05) is 114 Å². The van der Waals surface area contributed by atoms with Crippen LogP contribution in [0.3, 0.4) is 0 Å². The van der Waals surface area contributed by atoms with Crippen molar-refractivity contribution in [2.24, 2.45) is 0 Å². The van der Waals surface area contributed by atoms with Crippen molar-refractivity contribution >= 4 is 50.6 Å². The van der Waals surface area contributed by atoms with Gasteiger partial charge in [0.1, 0.15) is 0 Å². The molecule has 0 spiro atoms. The van der Waals surface area contributed by atoms with Gasteiger partial charge in [-0.05, 0) is 47.8 Å². The van der Waals surface area contributed by atoms with Crippen LogP contribution in [0.1, 0.15) is 0 Å². The molecule has 5 heterocycles. The Balaban J connectivity index is 0.00000238. The van der Waals surface area contributed by atoms with E-state index in [2.05, 4.69) is 87.7 Å². The molecule has 0 atom stereocenters. The Morgan fingerprint density at radius 1 is 0.459 bits per heavy atom. The van der Waals surface area contributed by atoms with E-state index in [4.69, 9.17) is 19.4 Å². The number of rotatable bonds is 8. The molecule has 10 aromatic rings. The molecule has 0 saturated carbocycles. The predicted octanol–water partition coefficient (Wildman–Crippen LogP) is 12.4. The quantitative estimate of drug-likeness (QED) is 0.110. The monoisotopic (exact) mass is 1080 g/mol. The van der Waals surface area contributed by atoms with Crippen molar-refractivity contribution in [1.82, 2.24) is 24.5 Å². The smallest absolute Gasteiger partial charge is 0.503 e. The molecule has 0 amide bonds. The third-order valence-corrected chi connectivity index (χ3v) is 11.0. The number of pyridine rings is 2. The van der Waals surface area contributed by atoms with Gasteiger partial charge in [0.05, 0.1) is 29.5 Å². The maximum absolute atomic E-state index is 6.41. The Labute approximate surface area is 384 Å². The fraction of sp³-hybridized carbons (Fsp3) is 0. The number of hydrogen-bond donors (Lipinski definition) is 0. The van der Waals surface area contributed by atoms with Crippen LogP contribution in [0.5, 0.6) is 23.0 Å². The summed E-state index contributed by atoms with van der Waals surface area (Å²) in [5, 5.41) is 1.85. The molecule has 0 radical (unpaired) electrons. The van der Waals surface area contributed by atoms with Crippen molar-refractivity contribution in [2.75, 3.05) is 4.90 Å². The van der Waals surface area contributed by atoms with Crippen molar-refractivity contribution in [3.8, 4) is 51.5 Å². The summed E-state index contributed by atoms with van der Waals surface area (Å²) in [6.45, 7) is 0. The minimum atomic E-state index is 0. The minimum Gasteiger partial charge on any atom is -0.503 e. The molecule has 0 bridgehead atoms. The van der Waals surface area contributed by atoms with Crippen LogP contribution >= 0.6 is 11.8 Å². The first kappa shape index (κ1) is 40.0. The Morgan fingerprint density at radius 2 is 0.934 bits per heavy atom. The molecule has 0 N–H and O–H groups in total. The molecule has 0 saturated heterocycles. The standard InChI is InChI=1S/C50H28N6O2S.Pd.Pt/c1-3-19-48-44(17-1)55(45-18-2-4-20-49(45)59-48)35-31-53-50(54-32-35)56-46-29-38(57-36-13-9-11-33(27-36)42-15-5-7-25-51-42)21-23-40(46)41-24-22-39(30-47(41)56)58-37-14-10-12-34(28-37)43-16-6-8-26-52-43;;/h1-26,31-32H;;/q-4;2*+2. The van der Waals surface area contributed by atoms with E-state index < -0.39 is 0 Å². The largest absolute Gasteiger partial charge is 2.00 e. The Bertz CT molecular complexity index is 2980. The van der Waals surface area contributed by atoms with E-state index in [-0.39, 0.29) is 41.5 Å². The second-order valence-corrected chi connectivity index (χ2v) is 14.7. The van der Waals surface area contributed by atoms with E-state index in [9.17, 15) is 0 Å². The van der Waals surface area contributed by atoms with Gasteiger partial charge in [0.15, 0.2) is 0 Å². The molecule has 1 aliphatic heterocycles. The first-order valence-corrected chi connectivity index (χ1v) is 19.7. The molecule has 11 heteroatoms. The topological polar surface area (TPSA) is 78.2 Å². The van der Waals surface area contributed by atoms with Crippen molar-refractivity contribution in [2.45, 2.75) is 9.79 Å². The second-order valence-electron chi connectivity index (χ2n) is 13.6. The number of benzene rings is 6. The molecule has 1 aliphatic rings. The molecule has 0 aliphatic carbocycles. The molecule has 8 nitrogen and oxygen atoms in total. The molecule has 61 heavy (non-hydrogen) atoms. The van der Waals surface area contributed by atoms with E-state index in [0.29, 0.717) is 40.0 Å². The van der Waals surface area contributed by atoms with Crippen LogP contribution in [-0.2, 0) is 41.5 Å². The maximum atomic E-state index is 6.41. The molecule has 11 rings (SSSR count). The third-order valence-electron chi connectivity index (χ3n) is 9.91. The molecule has 4 aromatic heterocycles. The van der Waals surface area contributed by atoms with Gasteiger partial charge in [-0.2, -0.15) is 22.9 Å². The average molecular weight is 1080 g/mol. The number of aromatic nitrogens is 5. The molecule has 0 fully saturated rings. The van der Waals surface area contributed by atoms with Crippen LogP contribution in [0, 0.1) is 24.3 Å². The Morgan fingerprint density at radius 3 is 1.43 bits per heavy atom. The molecule has 6 aromatic carbocycles.